The summed E-state index contributed by atoms with van der Waals surface area (Å²) in [5.74, 6) is 0.945. The minimum Gasteiger partial charge on any atom is -0.492 e. The standard InChI is InChI=1S/C17H30N2O2/c1-5-18-13-16-8-7-9-17(12-16)21-11-10-19(6-2)15(3)14-20-4/h7-9,12,15,18H,5-6,10-11,13-14H2,1-4H3. The van der Waals surface area contributed by atoms with Crippen LogP contribution in [0.3, 0.4) is 0 Å². The molecule has 4 heteroatoms. The summed E-state index contributed by atoms with van der Waals surface area (Å²) in [6.45, 7) is 11.7. The second-order valence-electron chi connectivity index (χ2n) is 5.21. The van der Waals surface area contributed by atoms with Gasteiger partial charge in [0, 0.05) is 26.2 Å². The Balaban J connectivity index is 2.40. The van der Waals surface area contributed by atoms with Crippen LogP contribution in [-0.2, 0) is 11.3 Å². The molecule has 0 fully saturated rings. The molecule has 0 spiro atoms. The molecule has 1 rings (SSSR count). The maximum Gasteiger partial charge on any atom is 0.119 e. The normalized spacial score (nSPS) is 12.6. The number of nitrogens with one attached hydrogen (secondary N) is 1. The molecule has 120 valence electrons. The summed E-state index contributed by atoms with van der Waals surface area (Å²) in [5.41, 5.74) is 1.26. The molecule has 1 aromatic rings. The van der Waals surface area contributed by atoms with Crippen molar-refractivity contribution in [2.24, 2.45) is 0 Å². The van der Waals surface area contributed by atoms with Crippen LogP contribution >= 0.6 is 0 Å². The Morgan fingerprint density at radius 3 is 2.76 bits per heavy atom. The number of hydrogen-bond acceptors (Lipinski definition) is 4. The molecule has 1 aromatic carbocycles. The van der Waals surface area contributed by atoms with Crippen molar-refractivity contribution in [1.82, 2.24) is 10.2 Å². The molecular weight excluding hydrogens is 264 g/mol. The van der Waals surface area contributed by atoms with Crippen molar-refractivity contribution >= 4 is 0 Å². The SMILES string of the molecule is CCNCc1cccc(OCCN(CC)C(C)COC)c1. The van der Waals surface area contributed by atoms with Crippen LogP contribution in [0, 0.1) is 0 Å². The molecule has 0 amide bonds. The Bertz CT molecular complexity index is 385. The van der Waals surface area contributed by atoms with Crippen molar-refractivity contribution in [3.8, 4) is 5.75 Å². The number of hydrogen-bond donors (Lipinski definition) is 1. The van der Waals surface area contributed by atoms with Gasteiger partial charge in [0.25, 0.3) is 0 Å². The molecule has 0 saturated heterocycles. The van der Waals surface area contributed by atoms with E-state index in [9.17, 15) is 0 Å². The van der Waals surface area contributed by atoms with Crippen molar-refractivity contribution in [1.29, 1.82) is 0 Å². The van der Waals surface area contributed by atoms with Gasteiger partial charge in [-0.1, -0.05) is 26.0 Å². The van der Waals surface area contributed by atoms with Gasteiger partial charge in [0.05, 0.1) is 6.61 Å². The second kappa shape index (κ2) is 10.6. The van der Waals surface area contributed by atoms with Crippen molar-refractivity contribution in [3.63, 3.8) is 0 Å². The van der Waals surface area contributed by atoms with Crippen LogP contribution in [0.2, 0.25) is 0 Å². The molecule has 1 N–H and O–H groups in total. The average Bonchev–Trinajstić information content (AvgIpc) is 2.50. The van der Waals surface area contributed by atoms with Crippen LogP contribution < -0.4 is 10.1 Å². The lowest BCUT2D eigenvalue weighted by molar-refractivity contribution is 0.0920. The summed E-state index contributed by atoms with van der Waals surface area (Å²) in [5, 5.41) is 3.33. The topological polar surface area (TPSA) is 33.7 Å². The van der Waals surface area contributed by atoms with E-state index in [1.807, 2.05) is 12.1 Å². The van der Waals surface area contributed by atoms with E-state index in [2.05, 4.69) is 43.1 Å². The third kappa shape index (κ3) is 6.93. The second-order valence-corrected chi connectivity index (χ2v) is 5.21. The highest BCUT2D eigenvalue weighted by Gasteiger charge is 2.11. The average molecular weight is 294 g/mol. The van der Waals surface area contributed by atoms with Crippen LogP contribution in [0.15, 0.2) is 24.3 Å². The highest BCUT2D eigenvalue weighted by molar-refractivity contribution is 5.28. The van der Waals surface area contributed by atoms with E-state index < -0.39 is 0 Å². The van der Waals surface area contributed by atoms with E-state index in [1.54, 1.807) is 7.11 Å². The molecule has 1 unspecified atom stereocenters. The van der Waals surface area contributed by atoms with Gasteiger partial charge in [-0.25, -0.2) is 0 Å². The molecule has 0 saturated carbocycles. The third-order valence-corrected chi connectivity index (χ3v) is 3.56. The van der Waals surface area contributed by atoms with Gasteiger partial charge in [0.15, 0.2) is 0 Å². The molecule has 0 aromatic heterocycles. The Hall–Kier alpha value is -1.10. The first kappa shape index (κ1) is 18.0. The number of ether oxygens (including phenoxy) is 2. The number of likely N-dealkylation sites (N-methyl/N-ethyl adjacent to an activating group) is 1. The van der Waals surface area contributed by atoms with Crippen molar-refractivity contribution < 1.29 is 9.47 Å². The molecule has 0 radical (unpaired) electrons. The Morgan fingerprint density at radius 1 is 1.29 bits per heavy atom. The van der Waals surface area contributed by atoms with Crippen LogP contribution in [-0.4, -0.2) is 50.9 Å². The van der Waals surface area contributed by atoms with E-state index >= 15 is 0 Å². The number of nitrogens with zero attached hydrogens (tertiary/aromatic N) is 1. The molecule has 0 aliphatic rings. The summed E-state index contributed by atoms with van der Waals surface area (Å²) in [7, 11) is 1.75. The fourth-order valence-corrected chi connectivity index (χ4v) is 2.33. The van der Waals surface area contributed by atoms with Crippen molar-refractivity contribution in [2.75, 3.05) is 40.0 Å². The largest absolute Gasteiger partial charge is 0.492 e. The molecule has 0 heterocycles. The molecule has 0 aliphatic carbocycles. The van der Waals surface area contributed by atoms with E-state index in [-0.39, 0.29) is 0 Å². The predicted molar refractivity (Wildman–Crippen MR) is 87.9 cm³/mol. The fourth-order valence-electron chi connectivity index (χ4n) is 2.33. The van der Waals surface area contributed by atoms with Gasteiger partial charge >= 0.3 is 0 Å². The lowest BCUT2D eigenvalue weighted by atomic mass is 10.2. The first-order valence-electron chi connectivity index (χ1n) is 7.86. The van der Waals surface area contributed by atoms with Crippen molar-refractivity contribution in [2.45, 2.75) is 33.4 Å². The zero-order chi connectivity index (χ0) is 15.5. The van der Waals surface area contributed by atoms with E-state index in [0.717, 1.165) is 38.5 Å². The first-order valence-corrected chi connectivity index (χ1v) is 7.86. The molecule has 1 atom stereocenters. The minimum absolute atomic E-state index is 0.420. The summed E-state index contributed by atoms with van der Waals surface area (Å²) in [4.78, 5) is 2.37. The summed E-state index contributed by atoms with van der Waals surface area (Å²) >= 11 is 0. The molecular formula is C17H30N2O2. The fraction of sp³-hybridized carbons (Fsp3) is 0.647. The van der Waals surface area contributed by atoms with Crippen LogP contribution in [0.4, 0.5) is 0 Å². The van der Waals surface area contributed by atoms with Crippen LogP contribution in [0.25, 0.3) is 0 Å². The van der Waals surface area contributed by atoms with Gasteiger partial charge in [0.1, 0.15) is 12.4 Å². The number of benzene rings is 1. The molecule has 0 bridgehead atoms. The van der Waals surface area contributed by atoms with Gasteiger partial charge < -0.3 is 14.8 Å². The zero-order valence-corrected chi connectivity index (χ0v) is 13.9. The van der Waals surface area contributed by atoms with Gasteiger partial charge in [0.2, 0.25) is 0 Å². The smallest absolute Gasteiger partial charge is 0.119 e. The molecule has 21 heavy (non-hydrogen) atoms. The van der Waals surface area contributed by atoms with Crippen LogP contribution in [0.5, 0.6) is 5.75 Å². The summed E-state index contributed by atoms with van der Waals surface area (Å²) in [6.07, 6.45) is 0. The molecule has 4 nitrogen and oxygen atoms in total. The maximum atomic E-state index is 5.88. The Labute approximate surface area is 129 Å². The maximum absolute atomic E-state index is 5.88. The van der Waals surface area contributed by atoms with Crippen molar-refractivity contribution in [3.05, 3.63) is 29.8 Å². The quantitative estimate of drug-likeness (QED) is 0.680. The van der Waals surface area contributed by atoms with Gasteiger partial charge in [-0.05, 0) is 37.7 Å². The predicted octanol–water partition coefficient (Wildman–Crippen LogP) is 2.53. The third-order valence-electron chi connectivity index (χ3n) is 3.56. The summed E-state index contributed by atoms with van der Waals surface area (Å²) in [6, 6.07) is 8.72. The lowest BCUT2D eigenvalue weighted by Gasteiger charge is -2.27. The highest BCUT2D eigenvalue weighted by Crippen LogP contribution is 2.13. The van der Waals surface area contributed by atoms with Gasteiger partial charge in [-0.15, -0.1) is 0 Å². The van der Waals surface area contributed by atoms with Gasteiger partial charge in [-0.2, -0.15) is 0 Å². The van der Waals surface area contributed by atoms with E-state index in [1.165, 1.54) is 5.56 Å². The first-order chi connectivity index (χ1) is 10.2. The Morgan fingerprint density at radius 2 is 2.10 bits per heavy atom. The van der Waals surface area contributed by atoms with Crippen LogP contribution in [0.1, 0.15) is 26.3 Å². The molecule has 0 aliphatic heterocycles. The highest BCUT2D eigenvalue weighted by atomic mass is 16.5. The van der Waals surface area contributed by atoms with Gasteiger partial charge in [-0.3, -0.25) is 4.90 Å². The number of rotatable bonds is 11. The Kier molecular flexibility index (Phi) is 9.06. The lowest BCUT2D eigenvalue weighted by Crippen LogP contribution is -2.38. The minimum atomic E-state index is 0.420. The van der Waals surface area contributed by atoms with E-state index in [0.29, 0.717) is 12.6 Å². The van der Waals surface area contributed by atoms with E-state index in [4.69, 9.17) is 9.47 Å². The summed E-state index contributed by atoms with van der Waals surface area (Å²) < 4.78 is 11.1. The monoisotopic (exact) mass is 294 g/mol. The zero-order valence-electron chi connectivity index (χ0n) is 13.9. The number of methoxy groups -OCH3 is 1.